The molecule has 0 aromatic rings. The smallest absolute Gasteiger partial charge is 0.304 e. The Bertz CT molecular complexity index is 1030. The number of nitrogens with zero attached hydrogens (tertiary/aromatic N) is 6. The number of hydrogen-bond donors (Lipinski definition) is 9. The Morgan fingerprint density at radius 3 is 1.02 bits per heavy atom. The number of nitrogens with one attached hydrogen (secondary N) is 3. The second-order valence-electron chi connectivity index (χ2n) is 14.4. The number of aliphatic carboxylic acids is 3. The maximum atomic E-state index is 10.3. The average molecular weight is 816 g/mol. The second-order valence-corrected chi connectivity index (χ2v) is 14.4. The summed E-state index contributed by atoms with van der Waals surface area (Å²) in [4.78, 5) is 50.8. The number of amidine groups is 3. The fourth-order valence-corrected chi connectivity index (χ4v) is 5.74. The highest BCUT2D eigenvalue weighted by atomic mass is 16.4. The molecule has 0 bridgehead atoms. The molecular weight excluding hydrogens is 738 g/mol. The molecule has 0 unspecified atom stereocenters. The summed E-state index contributed by atoms with van der Waals surface area (Å²) in [5, 5.41) is 60.7. The van der Waals surface area contributed by atoms with Gasteiger partial charge < -0.3 is 61.3 Å². The van der Waals surface area contributed by atoms with E-state index in [-0.39, 0.29) is 39.1 Å². The Labute approximate surface area is 340 Å². The third kappa shape index (κ3) is 28.6. The number of aliphatic hydroxyl groups is 3. The van der Waals surface area contributed by atoms with Crippen molar-refractivity contribution in [3.63, 3.8) is 0 Å². The van der Waals surface area contributed by atoms with Gasteiger partial charge in [-0.25, -0.2) is 0 Å². The fourth-order valence-electron chi connectivity index (χ4n) is 5.74. The van der Waals surface area contributed by atoms with Gasteiger partial charge >= 0.3 is 17.9 Å². The van der Waals surface area contributed by atoms with Crippen molar-refractivity contribution in [2.24, 2.45) is 20.4 Å². The Hall–Kier alpha value is -3.42. The van der Waals surface area contributed by atoms with Crippen LogP contribution < -0.4 is 16.0 Å². The predicted octanol–water partition coefficient (Wildman–Crippen LogP) is 1.05. The SMILES string of the molecule is CC1=NCCCN1CCCNCCC(=O)O.CC1=NCCCN1CCCNCCC(=O)O.CC1=NCCCN1CCCNCCC(=O)O.CCC(CO)(CO)CO. The minimum Gasteiger partial charge on any atom is -0.481 e. The van der Waals surface area contributed by atoms with Gasteiger partial charge in [-0.3, -0.25) is 29.4 Å². The van der Waals surface area contributed by atoms with E-state index in [0.717, 1.165) is 135 Å². The minimum atomic E-state index is -0.744. The number of carbonyl (C=O) groups is 3. The molecule has 0 aliphatic carbocycles. The van der Waals surface area contributed by atoms with Gasteiger partial charge in [0.25, 0.3) is 0 Å². The van der Waals surface area contributed by atoms with Crippen LogP contribution in [-0.2, 0) is 14.4 Å². The molecule has 0 atom stereocenters. The number of aliphatic hydroxyl groups excluding tert-OH is 3. The van der Waals surface area contributed by atoms with Gasteiger partial charge in [0, 0.05) is 84.0 Å². The Morgan fingerprint density at radius 2 is 0.825 bits per heavy atom. The molecule has 3 heterocycles. The lowest BCUT2D eigenvalue weighted by atomic mass is 9.88. The van der Waals surface area contributed by atoms with Gasteiger partial charge in [-0.1, -0.05) is 6.92 Å². The van der Waals surface area contributed by atoms with Gasteiger partial charge in [0.15, 0.2) is 0 Å². The molecule has 0 fully saturated rings. The molecule has 3 aliphatic heterocycles. The molecule has 18 nitrogen and oxygen atoms in total. The zero-order valence-corrected chi connectivity index (χ0v) is 35.4. The predicted molar refractivity (Wildman–Crippen MR) is 226 cm³/mol. The van der Waals surface area contributed by atoms with E-state index in [4.69, 9.17) is 30.6 Å². The van der Waals surface area contributed by atoms with Crippen molar-refractivity contribution in [3.8, 4) is 0 Å². The lowest BCUT2D eigenvalue weighted by molar-refractivity contribution is -0.137. The van der Waals surface area contributed by atoms with Crippen LogP contribution in [0.25, 0.3) is 0 Å². The Morgan fingerprint density at radius 1 is 0.544 bits per heavy atom. The van der Waals surface area contributed by atoms with Crippen molar-refractivity contribution < 1.29 is 45.0 Å². The molecule has 0 spiro atoms. The van der Waals surface area contributed by atoms with E-state index >= 15 is 0 Å². The van der Waals surface area contributed by atoms with Crippen LogP contribution >= 0.6 is 0 Å². The highest BCUT2D eigenvalue weighted by molar-refractivity contribution is 5.81. The first-order valence-electron chi connectivity index (χ1n) is 20.7. The van der Waals surface area contributed by atoms with Crippen molar-refractivity contribution in [2.75, 3.05) is 118 Å². The molecule has 0 aromatic carbocycles. The van der Waals surface area contributed by atoms with Crippen LogP contribution in [0.3, 0.4) is 0 Å². The van der Waals surface area contributed by atoms with Crippen LogP contribution in [0.5, 0.6) is 0 Å². The zero-order valence-electron chi connectivity index (χ0n) is 35.4. The topological polar surface area (TPSA) is 255 Å². The molecule has 0 saturated carbocycles. The Kier molecular flexibility index (Phi) is 32.5. The van der Waals surface area contributed by atoms with Crippen LogP contribution in [0.2, 0.25) is 0 Å². The van der Waals surface area contributed by atoms with E-state index in [1.54, 1.807) is 0 Å². The third-order valence-electron chi connectivity index (χ3n) is 9.80. The lowest BCUT2D eigenvalue weighted by Gasteiger charge is -2.27. The zero-order chi connectivity index (χ0) is 42.7. The molecule has 0 aromatic heterocycles. The van der Waals surface area contributed by atoms with Gasteiger partial charge in [0.05, 0.1) is 56.6 Å². The van der Waals surface area contributed by atoms with Crippen LogP contribution in [-0.4, -0.2) is 199 Å². The van der Waals surface area contributed by atoms with E-state index in [9.17, 15) is 14.4 Å². The molecule has 57 heavy (non-hydrogen) atoms. The summed E-state index contributed by atoms with van der Waals surface area (Å²) in [6.45, 7) is 21.0. The molecule has 0 saturated heterocycles. The minimum absolute atomic E-state index is 0.156. The number of hydrogen-bond acceptors (Lipinski definition) is 15. The number of aliphatic imine (C=N–C) groups is 3. The van der Waals surface area contributed by atoms with E-state index in [1.165, 1.54) is 0 Å². The first-order valence-corrected chi connectivity index (χ1v) is 20.7. The van der Waals surface area contributed by atoms with Crippen molar-refractivity contribution >= 4 is 35.4 Å². The highest BCUT2D eigenvalue weighted by Crippen LogP contribution is 2.18. The normalized spacial score (nSPS) is 15.4. The molecule has 0 radical (unpaired) electrons. The van der Waals surface area contributed by atoms with Gasteiger partial charge in [-0.05, 0) is 85.4 Å². The summed E-state index contributed by atoms with van der Waals surface area (Å²) in [7, 11) is 0. The van der Waals surface area contributed by atoms with Gasteiger partial charge in [-0.2, -0.15) is 0 Å². The van der Waals surface area contributed by atoms with Gasteiger partial charge in [0.2, 0.25) is 0 Å². The lowest BCUT2D eigenvalue weighted by Crippen LogP contribution is -2.35. The average Bonchev–Trinajstić information content (AvgIpc) is 3.19. The highest BCUT2D eigenvalue weighted by Gasteiger charge is 2.25. The van der Waals surface area contributed by atoms with Crippen LogP contribution in [0, 0.1) is 5.41 Å². The van der Waals surface area contributed by atoms with Crippen molar-refractivity contribution in [3.05, 3.63) is 0 Å². The van der Waals surface area contributed by atoms with E-state index in [1.807, 2.05) is 6.92 Å². The molecule has 18 heteroatoms. The van der Waals surface area contributed by atoms with Crippen molar-refractivity contribution in [1.29, 1.82) is 0 Å². The summed E-state index contributed by atoms with van der Waals surface area (Å²) in [6, 6.07) is 0. The van der Waals surface area contributed by atoms with E-state index in [2.05, 4.69) is 66.4 Å². The van der Waals surface area contributed by atoms with E-state index in [0.29, 0.717) is 26.1 Å². The Balaban J connectivity index is 0.000000749. The number of rotatable bonds is 25. The standard InChI is InChI=1S/3C11H21N3O2.C6H14O3/c3*1-10-13-6-3-9-14(10)8-2-5-12-7-4-11(15)16;1-2-6(3-7,4-8)5-9/h3*12H,2-9H2,1H3,(H,15,16);7-9H,2-5H2,1H3. The summed E-state index contributed by atoms with van der Waals surface area (Å²) in [5.41, 5.74) is -0.667. The molecule has 3 aliphatic rings. The first kappa shape index (κ1) is 53.6. The van der Waals surface area contributed by atoms with E-state index < -0.39 is 23.3 Å². The summed E-state index contributed by atoms with van der Waals surface area (Å²) < 4.78 is 0. The summed E-state index contributed by atoms with van der Waals surface area (Å²) >= 11 is 0. The quantitative estimate of drug-likeness (QED) is 0.0584. The summed E-state index contributed by atoms with van der Waals surface area (Å²) in [5.74, 6) is 1.18. The second kappa shape index (κ2) is 34.6. The monoisotopic (exact) mass is 816 g/mol. The molecular formula is C39H77N9O9. The maximum Gasteiger partial charge on any atom is 0.304 e. The molecule has 0 amide bonds. The van der Waals surface area contributed by atoms with Crippen LogP contribution in [0.15, 0.2) is 15.0 Å². The molecule has 9 N–H and O–H groups in total. The van der Waals surface area contributed by atoms with Crippen LogP contribution in [0.1, 0.15) is 91.9 Å². The third-order valence-corrected chi connectivity index (χ3v) is 9.80. The largest absolute Gasteiger partial charge is 0.481 e. The van der Waals surface area contributed by atoms with Gasteiger partial charge in [0.1, 0.15) is 0 Å². The maximum absolute atomic E-state index is 10.3. The fraction of sp³-hybridized carbons (Fsp3) is 0.846. The van der Waals surface area contributed by atoms with Crippen molar-refractivity contribution in [2.45, 2.75) is 91.9 Å². The summed E-state index contributed by atoms with van der Waals surface area (Å²) in [6.07, 6.45) is 7.72. The van der Waals surface area contributed by atoms with Gasteiger partial charge in [-0.15, -0.1) is 0 Å². The number of carboxylic acid groups (broad SMARTS) is 3. The van der Waals surface area contributed by atoms with Crippen molar-refractivity contribution in [1.82, 2.24) is 30.7 Å². The number of carboxylic acids is 3. The molecule has 332 valence electrons. The first-order chi connectivity index (χ1) is 27.3. The molecule has 3 rings (SSSR count). The van der Waals surface area contributed by atoms with Crippen LogP contribution in [0.4, 0.5) is 0 Å².